The van der Waals surface area contributed by atoms with Gasteiger partial charge in [-0.2, -0.15) is 8.78 Å². The van der Waals surface area contributed by atoms with Crippen LogP contribution in [0.1, 0.15) is 11.1 Å². The van der Waals surface area contributed by atoms with Crippen LogP contribution in [0.25, 0.3) is 0 Å². The largest absolute Gasteiger partial charge is 0.445 e. The highest BCUT2D eigenvalue weighted by atomic mass is 28.3. The van der Waals surface area contributed by atoms with Crippen molar-refractivity contribution >= 4 is 25.9 Å². The second kappa shape index (κ2) is 11.0. The van der Waals surface area contributed by atoms with Crippen molar-refractivity contribution in [3.8, 4) is 0 Å². The third kappa shape index (κ3) is 7.88. The SMILES string of the molecule is C[Si](C)(C)C[C@H](NC(=O)OCc1ccccc1)C(=O)C(F)(F)C(=O)NCc1ccccc1. The first-order valence-corrected chi connectivity index (χ1v) is 13.9. The summed E-state index contributed by atoms with van der Waals surface area (Å²) in [4.78, 5) is 37.0. The van der Waals surface area contributed by atoms with Crippen LogP contribution in [0.2, 0.25) is 25.7 Å². The fraction of sp³-hybridized carbons (Fsp3) is 0.348. The lowest BCUT2D eigenvalue weighted by Crippen LogP contribution is -2.56. The van der Waals surface area contributed by atoms with Gasteiger partial charge in [0, 0.05) is 14.6 Å². The van der Waals surface area contributed by atoms with Gasteiger partial charge in [-0.3, -0.25) is 9.59 Å². The monoisotopic (exact) mass is 462 g/mol. The molecule has 0 radical (unpaired) electrons. The van der Waals surface area contributed by atoms with Crippen LogP contribution >= 0.6 is 0 Å². The molecule has 0 bridgehead atoms. The smallest absolute Gasteiger partial charge is 0.408 e. The van der Waals surface area contributed by atoms with E-state index < -0.39 is 37.8 Å². The molecule has 0 aliphatic carbocycles. The Bertz CT molecular complexity index is 919. The lowest BCUT2D eigenvalue weighted by molar-refractivity contribution is -0.159. The number of ketones is 1. The standard InChI is InChI=1S/C23H28F2N2O4Si/c1-32(2,3)16-19(27-22(30)31-15-18-12-8-5-9-13-18)20(28)23(24,25)21(29)26-14-17-10-6-4-7-11-17/h4-13,19H,14-16H2,1-3H3,(H,26,29)(H,27,30)/t19-/m0/s1. The molecule has 2 aromatic rings. The van der Waals surface area contributed by atoms with Crippen molar-refractivity contribution in [1.29, 1.82) is 0 Å². The fourth-order valence-corrected chi connectivity index (χ4v) is 4.46. The zero-order valence-electron chi connectivity index (χ0n) is 18.4. The van der Waals surface area contributed by atoms with E-state index in [9.17, 15) is 23.2 Å². The zero-order valence-corrected chi connectivity index (χ0v) is 19.4. The molecule has 1 atom stereocenters. The second-order valence-corrected chi connectivity index (χ2v) is 14.2. The summed E-state index contributed by atoms with van der Waals surface area (Å²) in [6.45, 7) is 5.40. The number of amides is 2. The van der Waals surface area contributed by atoms with E-state index in [1.807, 2.05) is 19.6 Å². The summed E-state index contributed by atoms with van der Waals surface area (Å²) in [6, 6.07) is 15.8. The summed E-state index contributed by atoms with van der Waals surface area (Å²) in [5.41, 5.74) is 1.33. The molecule has 0 saturated heterocycles. The Morgan fingerprint density at radius 2 is 1.47 bits per heavy atom. The van der Waals surface area contributed by atoms with Gasteiger partial charge in [-0.05, 0) is 17.2 Å². The van der Waals surface area contributed by atoms with E-state index in [4.69, 9.17) is 4.74 Å². The molecular weight excluding hydrogens is 434 g/mol. The Hall–Kier alpha value is -3.07. The van der Waals surface area contributed by atoms with E-state index in [2.05, 4.69) is 10.6 Å². The number of benzene rings is 2. The average molecular weight is 463 g/mol. The topological polar surface area (TPSA) is 84.5 Å². The molecule has 2 aromatic carbocycles. The van der Waals surface area contributed by atoms with Crippen molar-refractivity contribution in [3.63, 3.8) is 0 Å². The molecular formula is C23H28F2N2O4Si. The van der Waals surface area contributed by atoms with E-state index >= 15 is 0 Å². The number of halogens is 2. The molecule has 0 fully saturated rings. The van der Waals surface area contributed by atoms with Crippen molar-refractivity contribution in [2.75, 3.05) is 0 Å². The summed E-state index contributed by atoms with van der Waals surface area (Å²) < 4.78 is 34.5. The molecule has 2 rings (SSSR count). The number of carbonyl (C=O) groups is 3. The van der Waals surface area contributed by atoms with Gasteiger partial charge in [-0.1, -0.05) is 80.3 Å². The third-order valence-electron chi connectivity index (χ3n) is 4.53. The van der Waals surface area contributed by atoms with Crippen molar-refractivity contribution in [2.24, 2.45) is 0 Å². The zero-order chi connectivity index (χ0) is 23.8. The summed E-state index contributed by atoms with van der Waals surface area (Å²) in [6.07, 6.45) is -0.994. The van der Waals surface area contributed by atoms with E-state index in [1.165, 1.54) is 0 Å². The molecule has 0 aliphatic rings. The number of nitrogens with one attached hydrogen (secondary N) is 2. The van der Waals surface area contributed by atoms with Gasteiger partial charge in [0.25, 0.3) is 5.91 Å². The van der Waals surface area contributed by atoms with Gasteiger partial charge in [0.15, 0.2) is 0 Å². The maximum atomic E-state index is 14.7. The fourth-order valence-electron chi connectivity index (χ4n) is 2.95. The van der Waals surface area contributed by atoms with E-state index in [-0.39, 0.29) is 19.2 Å². The maximum absolute atomic E-state index is 14.7. The van der Waals surface area contributed by atoms with Gasteiger partial charge in [0.2, 0.25) is 5.78 Å². The van der Waals surface area contributed by atoms with E-state index in [1.54, 1.807) is 60.7 Å². The van der Waals surface area contributed by atoms with Crippen LogP contribution in [-0.4, -0.2) is 37.8 Å². The number of alkyl carbamates (subject to hydrolysis) is 1. The van der Waals surface area contributed by atoms with Gasteiger partial charge in [0.1, 0.15) is 6.61 Å². The molecule has 6 nitrogen and oxygen atoms in total. The van der Waals surface area contributed by atoms with Gasteiger partial charge >= 0.3 is 12.0 Å². The molecule has 0 saturated carbocycles. The highest BCUT2D eigenvalue weighted by Gasteiger charge is 2.51. The normalized spacial score (nSPS) is 12.5. The minimum absolute atomic E-state index is 0.0355. The van der Waals surface area contributed by atoms with Gasteiger partial charge in [-0.25, -0.2) is 4.79 Å². The summed E-state index contributed by atoms with van der Waals surface area (Å²) >= 11 is 0. The van der Waals surface area contributed by atoms with Crippen LogP contribution in [0.3, 0.4) is 0 Å². The molecule has 9 heteroatoms. The number of hydrogen-bond acceptors (Lipinski definition) is 4. The Balaban J connectivity index is 2.05. The number of hydrogen-bond donors (Lipinski definition) is 2. The molecule has 172 valence electrons. The Morgan fingerprint density at radius 1 is 0.938 bits per heavy atom. The summed E-state index contributed by atoms with van der Waals surface area (Å²) in [7, 11) is -2.08. The highest BCUT2D eigenvalue weighted by molar-refractivity contribution is 6.76. The van der Waals surface area contributed by atoms with E-state index in [0.29, 0.717) is 11.1 Å². The number of Topliss-reactive ketones (excluding diaryl/α,β-unsaturated/α-hetero) is 1. The summed E-state index contributed by atoms with van der Waals surface area (Å²) in [5, 5.41) is 4.34. The van der Waals surface area contributed by atoms with Gasteiger partial charge in [-0.15, -0.1) is 0 Å². The second-order valence-electron chi connectivity index (χ2n) is 8.63. The number of rotatable bonds is 10. The van der Waals surface area contributed by atoms with Crippen LogP contribution in [0.15, 0.2) is 60.7 Å². The summed E-state index contributed by atoms with van der Waals surface area (Å²) in [5.74, 6) is -7.65. The van der Waals surface area contributed by atoms with Crippen molar-refractivity contribution in [1.82, 2.24) is 10.6 Å². The predicted octanol–water partition coefficient (Wildman–Crippen LogP) is 4.14. The first-order valence-electron chi connectivity index (χ1n) is 10.2. The first kappa shape index (κ1) is 25.2. The van der Waals surface area contributed by atoms with E-state index in [0.717, 1.165) is 0 Å². The molecule has 0 aromatic heterocycles. The minimum atomic E-state index is -4.30. The van der Waals surface area contributed by atoms with Gasteiger partial charge < -0.3 is 15.4 Å². The Kier molecular flexibility index (Phi) is 8.65. The molecule has 0 spiro atoms. The van der Waals surface area contributed by atoms with Crippen LogP contribution in [0, 0.1) is 0 Å². The number of ether oxygens (including phenoxy) is 1. The van der Waals surface area contributed by atoms with Crippen molar-refractivity contribution < 1.29 is 27.9 Å². The molecule has 0 heterocycles. The Labute approximate surface area is 187 Å². The lowest BCUT2D eigenvalue weighted by atomic mass is 10.1. The van der Waals surface area contributed by atoms with Crippen LogP contribution < -0.4 is 10.6 Å². The van der Waals surface area contributed by atoms with Crippen LogP contribution in [-0.2, 0) is 27.5 Å². The first-order chi connectivity index (χ1) is 15.0. The molecule has 0 aliphatic heterocycles. The quantitative estimate of drug-likeness (QED) is 0.411. The third-order valence-corrected chi connectivity index (χ3v) is 6.16. The minimum Gasteiger partial charge on any atom is -0.445 e. The number of alkyl halides is 2. The maximum Gasteiger partial charge on any atom is 0.408 e. The number of carbonyl (C=O) groups excluding carboxylic acids is 3. The van der Waals surface area contributed by atoms with Crippen LogP contribution in [0.4, 0.5) is 13.6 Å². The Morgan fingerprint density at radius 3 is 2.00 bits per heavy atom. The van der Waals surface area contributed by atoms with Crippen molar-refractivity contribution in [3.05, 3.63) is 71.8 Å². The molecule has 2 amide bonds. The average Bonchev–Trinajstić information content (AvgIpc) is 2.75. The van der Waals surface area contributed by atoms with Gasteiger partial charge in [0.05, 0.1) is 6.04 Å². The van der Waals surface area contributed by atoms with Crippen molar-refractivity contribution in [2.45, 2.75) is 50.8 Å². The predicted molar refractivity (Wildman–Crippen MR) is 120 cm³/mol. The lowest BCUT2D eigenvalue weighted by Gasteiger charge is -2.27. The molecule has 2 N–H and O–H groups in total. The molecule has 32 heavy (non-hydrogen) atoms. The highest BCUT2D eigenvalue weighted by Crippen LogP contribution is 2.23. The molecule has 0 unspecified atom stereocenters. The van der Waals surface area contributed by atoms with Crippen LogP contribution in [0.5, 0.6) is 0 Å².